The number of ether oxygens (including phenoxy) is 3. The van der Waals surface area contributed by atoms with Gasteiger partial charge >= 0.3 is 6.03 Å². The highest BCUT2D eigenvalue weighted by Crippen LogP contribution is 2.51. The van der Waals surface area contributed by atoms with Gasteiger partial charge in [0.2, 0.25) is 0 Å². The molecule has 0 saturated carbocycles. The minimum atomic E-state index is -1.26. The third-order valence-corrected chi connectivity index (χ3v) is 15.5. The molecule has 4 heterocycles. The van der Waals surface area contributed by atoms with Crippen LogP contribution in [0.2, 0.25) is 0 Å². The van der Waals surface area contributed by atoms with E-state index in [4.69, 9.17) is 14.2 Å². The van der Waals surface area contributed by atoms with Crippen LogP contribution < -0.4 is 19.4 Å². The standard InChI is InChI=1S/C63H59F2N7O4/c1-44(2)71-60(49-12-4-3-5-13-49)62(37-45-16-18-47-10-6-8-14-50(47)34-45,38-46-17-19-48-11-7-9-15-51(48)35-46)72(61(71)73)55-23-21-53(22-24-55)68-30-32-69(33-31-68)54-25-27-56(28-26-54)74-39-59-75-41-63(76-59,40-70-43-66-42-67-70)57-29-20-52(64)36-58(57)65/h3-29,34-36,42-44,59-60H,30-33,37-41H2,1-2H3/t59-,60-,63+/m0/s1. The Labute approximate surface area is 441 Å². The zero-order chi connectivity index (χ0) is 51.8. The van der Waals surface area contributed by atoms with Gasteiger partial charge in [-0.1, -0.05) is 121 Å². The Hall–Kier alpha value is -8.13. The number of anilines is 3. The lowest BCUT2D eigenvalue weighted by molar-refractivity contribution is -0.117. The summed E-state index contributed by atoms with van der Waals surface area (Å²) < 4.78 is 49.0. The second-order valence-electron chi connectivity index (χ2n) is 20.6. The molecule has 0 spiro atoms. The van der Waals surface area contributed by atoms with Gasteiger partial charge in [-0.05, 0) is 120 Å². The van der Waals surface area contributed by atoms with Crippen molar-refractivity contribution >= 4 is 44.6 Å². The molecular weight excluding hydrogens is 957 g/mol. The lowest BCUT2D eigenvalue weighted by Crippen LogP contribution is -2.52. The number of hydrogen-bond acceptors (Lipinski definition) is 8. The van der Waals surface area contributed by atoms with E-state index in [0.717, 1.165) is 54.9 Å². The summed E-state index contributed by atoms with van der Waals surface area (Å²) in [5.41, 5.74) is 4.73. The zero-order valence-corrected chi connectivity index (χ0v) is 42.6. The number of urea groups is 1. The van der Waals surface area contributed by atoms with E-state index in [9.17, 15) is 4.39 Å². The minimum absolute atomic E-state index is 0.00312. The SMILES string of the molecule is CC(C)N1C(=O)N(c2ccc(N3CCN(c4ccc(OC[C@H]5OC[C@](Cn6cncn6)(c6ccc(F)cc6F)O5)cc4)CC3)cc2)C(Cc2ccc3ccccc3c2)(Cc2ccc3ccccc3c2)[C@@H]1c1ccccc1. The molecule has 3 atom stereocenters. The predicted octanol–water partition coefficient (Wildman–Crippen LogP) is 12.2. The van der Waals surface area contributed by atoms with Crippen molar-refractivity contribution in [3.05, 3.63) is 229 Å². The first kappa shape index (κ1) is 48.8. The summed E-state index contributed by atoms with van der Waals surface area (Å²) in [6, 6.07) is 60.9. The van der Waals surface area contributed by atoms with Crippen LogP contribution >= 0.6 is 0 Å². The van der Waals surface area contributed by atoms with Crippen LogP contribution in [0.4, 0.5) is 30.6 Å². The van der Waals surface area contributed by atoms with Crippen LogP contribution in [0.1, 0.15) is 42.1 Å². The zero-order valence-electron chi connectivity index (χ0n) is 42.6. The molecule has 3 aliphatic heterocycles. The summed E-state index contributed by atoms with van der Waals surface area (Å²) in [7, 11) is 0. The third-order valence-electron chi connectivity index (χ3n) is 15.5. The van der Waals surface area contributed by atoms with Crippen LogP contribution in [0.5, 0.6) is 5.75 Å². The summed E-state index contributed by atoms with van der Waals surface area (Å²) >= 11 is 0. The first-order chi connectivity index (χ1) is 37.1. The molecule has 0 aliphatic carbocycles. The Morgan fingerprint density at radius 1 is 0.658 bits per heavy atom. The van der Waals surface area contributed by atoms with Gasteiger partial charge in [0.25, 0.3) is 0 Å². The molecule has 11 nitrogen and oxygen atoms in total. The van der Waals surface area contributed by atoms with Gasteiger partial charge in [-0.3, -0.25) is 4.90 Å². The van der Waals surface area contributed by atoms with Gasteiger partial charge in [-0.15, -0.1) is 0 Å². The average Bonchev–Trinajstić information content (AvgIpc) is 4.21. The van der Waals surface area contributed by atoms with E-state index < -0.39 is 29.1 Å². The molecule has 3 saturated heterocycles. The van der Waals surface area contributed by atoms with Crippen molar-refractivity contribution in [1.29, 1.82) is 0 Å². The fourth-order valence-corrected chi connectivity index (χ4v) is 11.9. The fourth-order valence-electron chi connectivity index (χ4n) is 11.9. The molecule has 0 unspecified atom stereocenters. The second-order valence-corrected chi connectivity index (χ2v) is 20.6. The van der Waals surface area contributed by atoms with E-state index in [2.05, 4.69) is 195 Å². The van der Waals surface area contributed by atoms with Crippen molar-refractivity contribution in [3.63, 3.8) is 0 Å². The van der Waals surface area contributed by atoms with Crippen molar-refractivity contribution in [2.24, 2.45) is 0 Å². The largest absolute Gasteiger partial charge is 0.488 e. The summed E-state index contributed by atoms with van der Waals surface area (Å²) in [5, 5.41) is 8.92. The Kier molecular flexibility index (Phi) is 13.2. The minimum Gasteiger partial charge on any atom is -0.488 e. The van der Waals surface area contributed by atoms with Crippen LogP contribution in [-0.2, 0) is 34.5 Å². The lowest BCUT2D eigenvalue weighted by Gasteiger charge is -2.43. The van der Waals surface area contributed by atoms with Gasteiger partial charge < -0.3 is 28.9 Å². The van der Waals surface area contributed by atoms with Gasteiger partial charge in [0.05, 0.1) is 24.7 Å². The van der Waals surface area contributed by atoms with Crippen molar-refractivity contribution in [1.82, 2.24) is 19.7 Å². The quantitative estimate of drug-likeness (QED) is 0.100. The fraction of sp³-hybridized carbons (Fsp3) is 0.254. The van der Waals surface area contributed by atoms with Gasteiger partial charge in [0, 0.05) is 60.9 Å². The molecule has 8 aromatic carbocycles. The maximum absolute atomic E-state index is 15.6. The Morgan fingerprint density at radius 2 is 1.24 bits per heavy atom. The Morgan fingerprint density at radius 3 is 1.82 bits per heavy atom. The Bertz CT molecular complexity index is 3400. The van der Waals surface area contributed by atoms with Crippen molar-refractivity contribution < 1.29 is 27.8 Å². The number of hydrogen-bond donors (Lipinski definition) is 0. The third kappa shape index (κ3) is 9.49. The average molecular weight is 1020 g/mol. The highest BCUT2D eigenvalue weighted by molar-refractivity contribution is 5.98. The van der Waals surface area contributed by atoms with Crippen LogP contribution in [0.25, 0.3) is 21.5 Å². The highest BCUT2D eigenvalue weighted by atomic mass is 19.1. The number of piperazine rings is 1. The van der Waals surface area contributed by atoms with Gasteiger partial charge in [0.1, 0.15) is 42.2 Å². The number of benzene rings is 8. The summed E-state index contributed by atoms with van der Waals surface area (Å²) in [4.78, 5) is 28.6. The van der Waals surface area contributed by atoms with Gasteiger partial charge in [-0.25, -0.2) is 23.2 Å². The van der Waals surface area contributed by atoms with E-state index in [1.807, 2.05) is 12.1 Å². The van der Waals surface area contributed by atoms with Gasteiger partial charge in [0.15, 0.2) is 6.29 Å². The topological polar surface area (TPSA) is 88.4 Å². The summed E-state index contributed by atoms with van der Waals surface area (Å²) in [6.07, 6.45) is 3.36. The summed E-state index contributed by atoms with van der Waals surface area (Å²) in [6.45, 7) is 7.72. The van der Waals surface area contributed by atoms with E-state index >= 15 is 9.18 Å². The molecule has 2 amide bonds. The van der Waals surface area contributed by atoms with Crippen molar-refractivity contribution in [2.75, 3.05) is 54.1 Å². The van der Waals surface area contributed by atoms with Crippen LogP contribution in [-0.4, -0.2) is 83.0 Å². The molecular formula is C63H59F2N7O4. The number of nitrogens with zero attached hydrogens (tertiary/aromatic N) is 7. The Balaban J connectivity index is 0.771. The van der Waals surface area contributed by atoms with E-state index in [1.165, 1.54) is 62.1 Å². The first-order valence-corrected chi connectivity index (χ1v) is 26.1. The summed E-state index contributed by atoms with van der Waals surface area (Å²) in [5.74, 6) is -0.767. The molecule has 76 heavy (non-hydrogen) atoms. The predicted molar refractivity (Wildman–Crippen MR) is 294 cm³/mol. The smallest absolute Gasteiger partial charge is 0.325 e. The van der Waals surface area contributed by atoms with Crippen LogP contribution in [0.15, 0.2) is 195 Å². The molecule has 0 bridgehead atoms. The van der Waals surface area contributed by atoms with Crippen LogP contribution in [0, 0.1) is 11.6 Å². The normalized spacial score (nSPS) is 19.6. The number of rotatable bonds is 15. The maximum atomic E-state index is 15.6. The number of carbonyl (C=O) groups is 1. The molecule has 0 radical (unpaired) electrons. The molecule has 0 N–H and O–H groups in total. The second kappa shape index (κ2) is 20.5. The maximum Gasteiger partial charge on any atom is 0.325 e. The first-order valence-electron chi connectivity index (χ1n) is 26.1. The lowest BCUT2D eigenvalue weighted by atomic mass is 9.74. The number of amides is 2. The number of carbonyl (C=O) groups excluding carboxylic acids is 1. The van der Waals surface area contributed by atoms with E-state index in [1.54, 1.807) is 0 Å². The highest BCUT2D eigenvalue weighted by Gasteiger charge is 2.59. The number of fused-ring (bicyclic) bond motifs is 2. The molecule has 13 heteroatoms. The molecule has 9 aromatic rings. The van der Waals surface area contributed by atoms with Crippen LogP contribution in [0.3, 0.4) is 0 Å². The number of halogens is 2. The van der Waals surface area contributed by atoms with Gasteiger partial charge in [-0.2, -0.15) is 5.10 Å². The van der Waals surface area contributed by atoms with Crippen molar-refractivity contribution in [2.45, 2.75) is 62.7 Å². The van der Waals surface area contributed by atoms with E-state index in [0.29, 0.717) is 18.6 Å². The molecule has 3 fully saturated rings. The monoisotopic (exact) mass is 1020 g/mol. The van der Waals surface area contributed by atoms with E-state index in [-0.39, 0.29) is 43.4 Å². The molecule has 12 rings (SSSR count). The molecule has 384 valence electrons. The number of aromatic nitrogens is 3. The molecule has 3 aliphatic rings. The van der Waals surface area contributed by atoms with Crippen molar-refractivity contribution in [3.8, 4) is 5.75 Å². The molecule has 1 aromatic heterocycles.